The van der Waals surface area contributed by atoms with Crippen molar-refractivity contribution in [2.24, 2.45) is 0 Å². The summed E-state index contributed by atoms with van der Waals surface area (Å²) in [6.45, 7) is 4.19. The Labute approximate surface area is 250 Å². The molecule has 4 heterocycles. The zero-order chi connectivity index (χ0) is 31.1. The molecular formula is C28H30ClF2N7O5. The van der Waals surface area contributed by atoms with E-state index in [9.17, 15) is 23.5 Å². The van der Waals surface area contributed by atoms with Gasteiger partial charge in [-0.3, -0.25) is 9.48 Å². The van der Waals surface area contributed by atoms with Gasteiger partial charge in [-0.2, -0.15) is 19.0 Å². The van der Waals surface area contributed by atoms with E-state index in [1.807, 2.05) is 6.92 Å². The van der Waals surface area contributed by atoms with Gasteiger partial charge >= 0.3 is 12.7 Å². The monoisotopic (exact) mass is 617 g/mol. The molecule has 15 heteroatoms. The first-order valence-electron chi connectivity index (χ1n) is 13.4. The zero-order valence-electron chi connectivity index (χ0n) is 23.8. The number of aryl methyl sites for hydroxylation is 1. The van der Waals surface area contributed by atoms with Gasteiger partial charge in [0.15, 0.2) is 5.65 Å². The Kier molecular flexibility index (Phi) is 8.25. The molecule has 0 bridgehead atoms. The van der Waals surface area contributed by atoms with Crippen molar-refractivity contribution < 1.29 is 33.0 Å². The quantitative estimate of drug-likeness (QED) is 0.310. The summed E-state index contributed by atoms with van der Waals surface area (Å²) in [4.78, 5) is 31.7. The molecule has 228 valence electrons. The Balaban J connectivity index is 1.50. The number of piperidine rings is 1. The molecule has 0 spiro atoms. The molecule has 1 aromatic carbocycles. The molecule has 0 aliphatic carbocycles. The minimum atomic E-state index is -3.13. The van der Waals surface area contributed by atoms with Crippen molar-refractivity contribution in [2.75, 3.05) is 18.4 Å². The molecule has 4 aromatic rings. The van der Waals surface area contributed by atoms with Crippen LogP contribution in [0.1, 0.15) is 49.2 Å². The lowest BCUT2D eigenvalue weighted by Gasteiger charge is -2.36. The number of carbonyl (C=O) groups is 2. The van der Waals surface area contributed by atoms with Crippen molar-refractivity contribution in [3.05, 3.63) is 59.1 Å². The standard InChI is InChI=1S/C28H30ClF2N7O5/c1-15-10-32-24-18(11-33-38(24)12-15)25(40)34-19-13-37(20-7-8-36(14-21(20)39)27(41)43-28(2,3)4)35-23(19)17-9-16(29)5-6-22(17)42-26(30)31/h5-6,9-13,20-21,26,39H,7-8,14H2,1-4H3,(H,34,40). The Morgan fingerprint density at radius 3 is 2.67 bits per heavy atom. The molecule has 1 saturated heterocycles. The highest BCUT2D eigenvalue weighted by molar-refractivity contribution is 6.31. The summed E-state index contributed by atoms with van der Waals surface area (Å²) in [5, 5.41) is 22.8. The van der Waals surface area contributed by atoms with Crippen LogP contribution in [0.25, 0.3) is 16.9 Å². The van der Waals surface area contributed by atoms with Gasteiger partial charge in [0.25, 0.3) is 5.91 Å². The van der Waals surface area contributed by atoms with Gasteiger partial charge in [0.2, 0.25) is 0 Å². The third-order valence-corrected chi connectivity index (χ3v) is 6.90. The maximum absolute atomic E-state index is 13.4. The molecule has 0 radical (unpaired) electrons. The van der Waals surface area contributed by atoms with E-state index in [4.69, 9.17) is 21.1 Å². The maximum atomic E-state index is 13.4. The van der Waals surface area contributed by atoms with E-state index in [0.29, 0.717) is 12.1 Å². The number of aromatic nitrogens is 5. The molecule has 43 heavy (non-hydrogen) atoms. The average molecular weight is 618 g/mol. The highest BCUT2D eigenvalue weighted by Crippen LogP contribution is 2.38. The number of ether oxygens (including phenoxy) is 2. The second-order valence-electron chi connectivity index (χ2n) is 11.2. The van der Waals surface area contributed by atoms with E-state index in [2.05, 4.69) is 20.5 Å². The molecule has 2 atom stereocenters. The van der Waals surface area contributed by atoms with Crippen LogP contribution in [0.2, 0.25) is 5.02 Å². The van der Waals surface area contributed by atoms with Crippen molar-refractivity contribution in [3.8, 4) is 17.0 Å². The van der Waals surface area contributed by atoms with E-state index in [1.54, 1.807) is 33.2 Å². The lowest BCUT2D eigenvalue weighted by molar-refractivity contribution is -0.0494. The fraction of sp³-hybridized carbons (Fsp3) is 0.393. The number of anilines is 1. The van der Waals surface area contributed by atoms with E-state index >= 15 is 0 Å². The summed E-state index contributed by atoms with van der Waals surface area (Å²) in [5.41, 5.74) is 0.929. The van der Waals surface area contributed by atoms with Gasteiger partial charge in [0.1, 0.15) is 22.6 Å². The lowest BCUT2D eigenvalue weighted by atomic mass is 10.0. The average Bonchev–Trinajstić information content (AvgIpc) is 3.52. The minimum Gasteiger partial charge on any atom is -0.444 e. The maximum Gasteiger partial charge on any atom is 0.410 e. The Bertz CT molecular complexity index is 1670. The van der Waals surface area contributed by atoms with E-state index in [1.165, 1.54) is 44.7 Å². The fourth-order valence-corrected chi connectivity index (χ4v) is 4.95. The number of nitrogens with zero attached hydrogens (tertiary/aromatic N) is 6. The Morgan fingerprint density at radius 2 is 1.98 bits per heavy atom. The predicted molar refractivity (Wildman–Crippen MR) is 152 cm³/mol. The summed E-state index contributed by atoms with van der Waals surface area (Å²) < 4.78 is 39.7. The van der Waals surface area contributed by atoms with Crippen LogP contribution in [0.3, 0.4) is 0 Å². The largest absolute Gasteiger partial charge is 0.444 e. The van der Waals surface area contributed by atoms with Gasteiger partial charge in [-0.15, -0.1) is 0 Å². The number of benzene rings is 1. The first-order valence-corrected chi connectivity index (χ1v) is 13.8. The molecule has 1 aliphatic heterocycles. The number of aliphatic hydroxyl groups excluding tert-OH is 1. The number of halogens is 3. The summed E-state index contributed by atoms with van der Waals surface area (Å²) in [7, 11) is 0. The summed E-state index contributed by atoms with van der Waals surface area (Å²) in [6, 6.07) is 3.44. The molecule has 2 N–H and O–H groups in total. The molecule has 3 aromatic heterocycles. The molecule has 0 saturated carbocycles. The van der Waals surface area contributed by atoms with Crippen molar-refractivity contribution >= 4 is 34.9 Å². The number of aliphatic hydroxyl groups is 1. The van der Waals surface area contributed by atoms with Gasteiger partial charge in [-0.05, 0) is 57.9 Å². The molecular weight excluding hydrogens is 588 g/mol. The van der Waals surface area contributed by atoms with Gasteiger partial charge < -0.3 is 24.8 Å². The zero-order valence-corrected chi connectivity index (χ0v) is 24.5. The van der Waals surface area contributed by atoms with Gasteiger partial charge in [-0.1, -0.05) is 11.6 Å². The number of amides is 2. The smallest absolute Gasteiger partial charge is 0.410 e. The van der Waals surface area contributed by atoms with E-state index in [0.717, 1.165) is 5.56 Å². The van der Waals surface area contributed by atoms with Gasteiger partial charge in [0, 0.05) is 35.7 Å². The van der Waals surface area contributed by atoms with Crippen LogP contribution in [-0.2, 0) is 4.74 Å². The van der Waals surface area contributed by atoms with Gasteiger partial charge in [-0.25, -0.2) is 14.3 Å². The number of alkyl halides is 2. The van der Waals surface area contributed by atoms with Crippen LogP contribution < -0.4 is 10.1 Å². The number of hydrogen-bond acceptors (Lipinski definition) is 8. The molecule has 2 amide bonds. The van der Waals surface area contributed by atoms with Crippen LogP contribution in [0.5, 0.6) is 5.75 Å². The molecule has 1 fully saturated rings. The van der Waals surface area contributed by atoms with Crippen LogP contribution >= 0.6 is 11.6 Å². The second kappa shape index (κ2) is 11.8. The molecule has 5 rings (SSSR count). The Hall–Kier alpha value is -4.30. The highest BCUT2D eigenvalue weighted by atomic mass is 35.5. The second-order valence-corrected chi connectivity index (χ2v) is 11.6. The summed E-state index contributed by atoms with van der Waals surface area (Å²) >= 11 is 6.22. The first kappa shape index (κ1) is 30.2. The SMILES string of the molecule is Cc1cnc2c(C(=O)Nc3cn(C4CCN(C(=O)OC(C)(C)C)CC4O)nc3-c3cc(Cl)ccc3OC(F)F)cnn2c1. The van der Waals surface area contributed by atoms with Crippen LogP contribution in [-0.4, -0.2) is 77.8 Å². The van der Waals surface area contributed by atoms with Crippen molar-refractivity contribution in [3.63, 3.8) is 0 Å². The fourth-order valence-electron chi connectivity index (χ4n) is 4.78. The number of fused-ring (bicyclic) bond motifs is 1. The van der Waals surface area contributed by atoms with Crippen molar-refractivity contribution in [1.29, 1.82) is 0 Å². The lowest BCUT2D eigenvalue weighted by Crippen LogP contribution is -2.48. The summed E-state index contributed by atoms with van der Waals surface area (Å²) in [5.74, 6) is -0.792. The number of hydrogen-bond donors (Lipinski definition) is 2. The van der Waals surface area contributed by atoms with Gasteiger partial charge in [0.05, 0.1) is 30.6 Å². The molecule has 1 aliphatic rings. The highest BCUT2D eigenvalue weighted by Gasteiger charge is 2.35. The number of nitrogens with one attached hydrogen (secondary N) is 1. The third-order valence-electron chi connectivity index (χ3n) is 6.66. The van der Waals surface area contributed by atoms with Crippen LogP contribution in [0, 0.1) is 6.92 Å². The van der Waals surface area contributed by atoms with Crippen LogP contribution in [0.4, 0.5) is 19.3 Å². The normalized spacial score (nSPS) is 17.4. The Morgan fingerprint density at radius 1 is 1.21 bits per heavy atom. The predicted octanol–water partition coefficient (Wildman–Crippen LogP) is 4.95. The van der Waals surface area contributed by atoms with Crippen molar-refractivity contribution in [2.45, 2.75) is 58.5 Å². The molecule has 12 nitrogen and oxygen atoms in total. The first-order chi connectivity index (χ1) is 20.3. The summed E-state index contributed by atoms with van der Waals surface area (Å²) in [6.07, 6.45) is 4.85. The van der Waals surface area contributed by atoms with Crippen LogP contribution in [0.15, 0.2) is 43.0 Å². The minimum absolute atomic E-state index is 0.0269. The third kappa shape index (κ3) is 6.70. The number of rotatable bonds is 6. The van der Waals surface area contributed by atoms with E-state index in [-0.39, 0.29) is 46.4 Å². The number of carbonyl (C=O) groups excluding carboxylic acids is 2. The number of likely N-dealkylation sites (tertiary alicyclic amines) is 1. The molecule has 2 unspecified atom stereocenters. The van der Waals surface area contributed by atoms with E-state index < -0.39 is 36.4 Å². The number of β-amino-alcohol motifs (C(OH)–C–C–N with tert-alkyl or cyclic N) is 1. The van der Waals surface area contributed by atoms with Crippen molar-refractivity contribution in [1.82, 2.24) is 29.3 Å². The topological polar surface area (TPSA) is 136 Å².